The van der Waals surface area contributed by atoms with Crippen LogP contribution >= 0.6 is 11.6 Å². The van der Waals surface area contributed by atoms with Gasteiger partial charge in [0.1, 0.15) is 11.6 Å². The van der Waals surface area contributed by atoms with E-state index < -0.39 is 52.8 Å². The van der Waals surface area contributed by atoms with Gasteiger partial charge in [-0.1, -0.05) is 11.6 Å². The second-order valence-electron chi connectivity index (χ2n) is 10.1. The average Bonchev–Trinajstić information content (AvgIpc) is 3.38. The molecule has 0 radical (unpaired) electrons. The highest BCUT2D eigenvalue weighted by molar-refractivity contribution is 6.31. The molecular formula is C28H19ClF5N5O3. The van der Waals surface area contributed by atoms with Crippen LogP contribution < -0.4 is 20.4 Å². The van der Waals surface area contributed by atoms with E-state index in [9.17, 15) is 36.3 Å². The summed E-state index contributed by atoms with van der Waals surface area (Å²) < 4.78 is 68.5. The Morgan fingerprint density at radius 1 is 1.10 bits per heavy atom. The van der Waals surface area contributed by atoms with Crippen molar-refractivity contribution >= 4 is 52.3 Å². The zero-order valence-electron chi connectivity index (χ0n) is 21.7. The molecule has 8 nitrogen and oxygen atoms in total. The molecule has 3 aliphatic rings. The molecule has 2 N–H and O–H groups in total. The Bertz CT molecular complexity index is 1760. The minimum atomic E-state index is -4.91. The van der Waals surface area contributed by atoms with Gasteiger partial charge in [0.15, 0.2) is 0 Å². The molecule has 0 aliphatic carbocycles. The summed E-state index contributed by atoms with van der Waals surface area (Å²) in [6.07, 6.45) is -4.85. The Labute approximate surface area is 239 Å². The van der Waals surface area contributed by atoms with Crippen molar-refractivity contribution in [3.63, 3.8) is 0 Å². The highest BCUT2D eigenvalue weighted by Gasteiger charge is 2.46. The highest BCUT2D eigenvalue weighted by Crippen LogP contribution is 2.51. The van der Waals surface area contributed by atoms with Gasteiger partial charge in [-0.05, 0) is 49.4 Å². The molecule has 6 rings (SSSR count). The summed E-state index contributed by atoms with van der Waals surface area (Å²) in [6, 6.07) is 4.97. The van der Waals surface area contributed by atoms with Crippen LogP contribution in [0.2, 0.25) is 5.02 Å². The molecule has 3 aliphatic heterocycles. The van der Waals surface area contributed by atoms with Crippen molar-refractivity contribution < 1.29 is 36.3 Å². The smallest absolute Gasteiger partial charge is 0.341 e. The molecule has 0 spiro atoms. The molecule has 42 heavy (non-hydrogen) atoms. The average molecular weight is 604 g/mol. The standard InChI is InChI=1S/C28H19ClF5N5O3/c1-11-5-20(40)36-27-38(2)24-19(39(11)27)10-18(35-25(41)12-6-13(28(32,33)34)8-15(31)7-12)21-22(24)26(42)37-23(21)16-9-14(30)3-4-17(16)29/h3-4,6-11,23H,5H2,1-2H3,(H,35,41)(H,37,42)/t11-,23?/m1/s1. The molecule has 0 saturated heterocycles. The monoisotopic (exact) mass is 603 g/mol. The number of hydrogen-bond donors (Lipinski definition) is 2. The normalized spacial score (nSPS) is 19.3. The number of amides is 3. The molecule has 216 valence electrons. The van der Waals surface area contributed by atoms with Crippen molar-refractivity contribution in [1.82, 2.24) is 5.32 Å². The Hall–Kier alpha value is -4.52. The number of carbonyl (C=O) groups excluding carboxylic acids is 3. The van der Waals surface area contributed by atoms with E-state index in [0.29, 0.717) is 23.5 Å². The highest BCUT2D eigenvalue weighted by atomic mass is 35.5. The van der Waals surface area contributed by atoms with E-state index >= 15 is 0 Å². The number of carbonyl (C=O) groups is 3. The fourth-order valence-electron chi connectivity index (χ4n) is 5.59. The summed E-state index contributed by atoms with van der Waals surface area (Å²) in [5.74, 6) is -3.77. The summed E-state index contributed by atoms with van der Waals surface area (Å²) in [5.41, 5.74) is -0.894. The van der Waals surface area contributed by atoms with E-state index in [0.717, 1.165) is 12.1 Å². The number of alkyl halides is 3. The Morgan fingerprint density at radius 3 is 2.55 bits per heavy atom. The molecule has 3 aromatic carbocycles. The van der Waals surface area contributed by atoms with Gasteiger partial charge in [-0.25, -0.2) is 8.78 Å². The van der Waals surface area contributed by atoms with Crippen LogP contribution in [0.3, 0.4) is 0 Å². The minimum absolute atomic E-state index is 0.0194. The van der Waals surface area contributed by atoms with Crippen LogP contribution in [-0.4, -0.2) is 36.8 Å². The van der Waals surface area contributed by atoms with Crippen LogP contribution in [0.4, 0.5) is 39.0 Å². The predicted molar refractivity (Wildman–Crippen MR) is 144 cm³/mol. The molecule has 0 fully saturated rings. The van der Waals surface area contributed by atoms with Gasteiger partial charge in [0.2, 0.25) is 5.96 Å². The third-order valence-corrected chi connectivity index (χ3v) is 7.71. The van der Waals surface area contributed by atoms with E-state index in [1.807, 2.05) is 0 Å². The molecule has 14 heteroatoms. The largest absolute Gasteiger partial charge is 0.416 e. The number of anilines is 3. The van der Waals surface area contributed by atoms with Crippen LogP contribution in [-0.2, 0) is 11.0 Å². The summed E-state index contributed by atoms with van der Waals surface area (Å²) in [6.45, 7) is 1.77. The number of hydrogen-bond acceptors (Lipinski definition) is 5. The zero-order valence-corrected chi connectivity index (χ0v) is 22.5. The van der Waals surface area contributed by atoms with Crippen molar-refractivity contribution in [1.29, 1.82) is 0 Å². The molecule has 3 amide bonds. The maximum atomic E-state index is 14.3. The lowest BCUT2D eigenvalue weighted by atomic mass is 9.94. The lowest BCUT2D eigenvalue weighted by molar-refractivity contribution is -0.137. The van der Waals surface area contributed by atoms with Crippen LogP contribution in [0.1, 0.15) is 56.8 Å². The zero-order chi connectivity index (χ0) is 30.2. The Balaban J connectivity index is 1.56. The van der Waals surface area contributed by atoms with Crippen molar-refractivity contribution in [2.75, 3.05) is 22.2 Å². The summed E-state index contributed by atoms with van der Waals surface area (Å²) in [4.78, 5) is 46.5. The van der Waals surface area contributed by atoms with Gasteiger partial charge in [-0.2, -0.15) is 18.2 Å². The van der Waals surface area contributed by atoms with E-state index in [1.54, 1.807) is 23.8 Å². The first-order chi connectivity index (χ1) is 19.7. The molecule has 0 saturated carbocycles. The van der Waals surface area contributed by atoms with Gasteiger partial charge >= 0.3 is 6.18 Å². The van der Waals surface area contributed by atoms with Gasteiger partial charge in [-0.15, -0.1) is 0 Å². The Kier molecular flexibility index (Phi) is 6.26. The SMILES string of the molecule is C[C@@H]1CC(=O)N=C2N(C)c3c(cc(NC(=O)c4cc(F)cc(C(F)(F)F)c4)c4c3C(=O)NC4c3cc(F)ccc3Cl)N21. The number of guanidine groups is 1. The maximum absolute atomic E-state index is 14.3. The van der Waals surface area contributed by atoms with Crippen molar-refractivity contribution in [3.05, 3.63) is 86.9 Å². The second-order valence-corrected chi connectivity index (χ2v) is 10.5. The first kappa shape index (κ1) is 27.6. The van der Waals surface area contributed by atoms with Crippen LogP contribution in [0.25, 0.3) is 0 Å². The third-order valence-electron chi connectivity index (χ3n) is 7.36. The maximum Gasteiger partial charge on any atom is 0.416 e. The van der Waals surface area contributed by atoms with E-state index in [4.69, 9.17) is 11.6 Å². The van der Waals surface area contributed by atoms with Gasteiger partial charge in [0.05, 0.1) is 28.5 Å². The number of halogens is 6. The molecule has 0 bridgehead atoms. The topological polar surface area (TPSA) is 94.1 Å². The molecule has 1 unspecified atom stereocenters. The Morgan fingerprint density at radius 2 is 1.83 bits per heavy atom. The molecule has 3 aromatic rings. The first-order valence-corrected chi connectivity index (χ1v) is 12.9. The lowest BCUT2D eigenvalue weighted by Crippen LogP contribution is -2.46. The van der Waals surface area contributed by atoms with E-state index in [-0.39, 0.29) is 51.8 Å². The van der Waals surface area contributed by atoms with Crippen LogP contribution in [0.5, 0.6) is 0 Å². The van der Waals surface area contributed by atoms with Crippen LogP contribution in [0, 0.1) is 11.6 Å². The van der Waals surface area contributed by atoms with Crippen LogP contribution in [0.15, 0.2) is 47.5 Å². The summed E-state index contributed by atoms with van der Waals surface area (Å²) in [7, 11) is 1.60. The molecule has 2 atom stereocenters. The number of rotatable bonds is 3. The van der Waals surface area contributed by atoms with Crippen molar-refractivity contribution in [3.8, 4) is 0 Å². The van der Waals surface area contributed by atoms with E-state index in [1.165, 1.54) is 12.1 Å². The summed E-state index contributed by atoms with van der Waals surface area (Å²) in [5, 5.41) is 5.37. The second kappa shape index (κ2) is 9.51. The third kappa shape index (κ3) is 4.35. The number of nitrogens with zero attached hydrogens (tertiary/aromatic N) is 3. The fraction of sp³-hybridized carbons (Fsp3) is 0.214. The number of benzene rings is 3. The molecule has 3 heterocycles. The van der Waals surface area contributed by atoms with Gasteiger partial charge < -0.3 is 20.4 Å². The van der Waals surface area contributed by atoms with Gasteiger partial charge in [-0.3, -0.25) is 14.4 Å². The van der Waals surface area contributed by atoms with Gasteiger partial charge in [0.25, 0.3) is 17.7 Å². The minimum Gasteiger partial charge on any atom is -0.341 e. The van der Waals surface area contributed by atoms with Crippen molar-refractivity contribution in [2.24, 2.45) is 4.99 Å². The lowest BCUT2D eigenvalue weighted by Gasteiger charge is -2.30. The van der Waals surface area contributed by atoms with Gasteiger partial charge in [0, 0.05) is 46.9 Å². The predicted octanol–water partition coefficient (Wildman–Crippen LogP) is 5.65. The van der Waals surface area contributed by atoms with E-state index in [2.05, 4.69) is 15.6 Å². The molecular weight excluding hydrogens is 585 g/mol. The molecule has 0 aromatic heterocycles. The number of aliphatic imine (C=N–C) groups is 1. The van der Waals surface area contributed by atoms with Crippen molar-refractivity contribution in [2.45, 2.75) is 31.6 Å². The number of nitrogens with one attached hydrogen (secondary N) is 2. The number of fused-ring (bicyclic) bond motifs is 5. The summed E-state index contributed by atoms with van der Waals surface area (Å²) >= 11 is 6.37. The quantitative estimate of drug-likeness (QED) is 0.377. The fourth-order valence-corrected chi connectivity index (χ4v) is 5.81. The first-order valence-electron chi connectivity index (χ1n) is 12.5.